The summed E-state index contributed by atoms with van der Waals surface area (Å²) in [4.78, 5) is 30.8. The van der Waals surface area contributed by atoms with E-state index in [0.29, 0.717) is 19.5 Å². The minimum absolute atomic E-state index is 0.0588. The predicted molar refractivity (Wildman–Crippen MR) is 151 cm³/mol. The van der Waals surface area contributed by atoms with Gasteiger partial charge < -0.3 is 29.9 Å². The molecule has 4 saturated heterocycles. The molecule has 12 nitrogen and oxygen atoms in total. The predicted octanol–water partition coefficient (Wildman–Crippen LogP) is -0.171. The molecule has 1 aromatic rings. The summed E-state index contributed by atoms with van der Waals surface area (Å²) in [6.45, 7) is 0.707. The largest absolute Gasteiger partial charge is 0.388 e. The minimum atomic E-state index is -4.31. The Bertz CT molecular complexity index is 1300. The summed E-state index contributed by atoms with van der Waals surface area (Å²) >= 11 is 0. The Morgan fingerprint density at radius 2 is 1.74 bits per heavy atom. The summed E-state index contributed by atoms with van der Waals surface area (Å²) < 4.78 is 54.6. The van der Waals surface area contributed by atoms with Crippen LogP contribution in [0.3, 0.4) is 0 Å². The Labute approximate surface area is 251 Å². The summed E-state index contributed by atoms with van der Waals surface area (Å²) in [5.74, 6) is -1.16. The van der Waals surface area contributed by atoms with Crippen molar-refractivity contribution in [2.75, 3.05) is 39.3 Å². The van der Waals surface area contributed by atoms with Crippen LogP contribution in [0.5, 0.6) is 0 Å². The van der Waals surface area contributed by atoms with Crippen LogP contribution in [-0.2, 0) is 29.1 Å². The van der Waals surface area contributed by atoms with E-state index in [0.717, 1.165) is 42.1 Å². The SMILES string of the molecule is O=C1C[C@@H]2O[C@H](CN(S(=O)(=O)c3cccc(F)c3)C[C@@H]3CN(CCO3)C(=O)[C@@H]3C[C@@H](CN3C3CCCCC3)N1)[C@@H](O)[C@H]2O. The Kier molecular flexibility index (Phi) is 9.07. The van der Waals surface area contributed by atoms with Gasteiger partial charge in [0.1, 0.15) is 24.1 Å². The van der Waals surface area contributed by atoms with E-state index in [1.807, 2.05) is 0 Å². The zero-order valence-electron chi connectivity index (χ0n) is 24.1. The highest BCUT2D eigenvalue weighted by Gasteiger charge is 2.48. The number of rotatable bonds is 3. The lowest BCUT2D eigenvalue weighted by Gasteiger charge is -2.40. The summed E-state index contributed by atoms with van der Waals surface area (Å²) in [6.07, 6.45) is -0.217. The van der Waals surface area contributed by atoms with Crippen LogP contribution in [-0.4, -0.2) is 133 Å². The van der Waals surface area contributed by atoms with E-state index in [1.54, 1.807) is 4.90 Å². The smallest absolute Gasteiger partial charge is 0.243 e. The molecule has 2 amide bonds. The van der Waals surface area contributed by atoms with E-state index >= 15 is 0 Å². The number of halogens is 1. The van der Waals surface area contributed by atoms with Gasteiger partial charge in [0.2, 0.25) is 21.8 Å². The molecular formula is C29H41FN4O8S. The van der Waals surface area contributed by atoms with Crippen LogP contribution in [0.25, 0.3) is 0 Å². The third-order valence-corrected chi connectivity index (χ3v) is 11.4. The van der Waals surface area contributed by atoms with Gasteiger partial charge in [-0.2, -0.15) is 4.31 Å². The van der Waals surface area contributed by atoms with E-state index in [-0.39, 0.29) is 61.5 Å². The van der Waals surface area contributed by atoms with Gasteiger partial charge in [-0.05, 0) is 37.5 Å². The summed E-state index contributed by atoms with van der Waals surface area (Å²) in [5.41, 5.74) is 0. The Hall–Kier alpha value is -2.20. The number of carbonyl (C=O) groups excluding carboxylic acids is 2. The molecular weight excluding hydrogens is 583 g/mol. The number of aliphatic hydroxyl groups is 2. The molecule has 43 heavy (non-hydrogen) atoms. The van der Waals surface area contributed by atoms with Gasteiger partial charge >= 0.3 is 0 Å². The van der Waals surface area contributed by atoms with Crippen LogP contribution < -0.4 is 5.32 Å². The van der Waals surface area contributed by atoms with Gasteiger partial charge in [-0.1, -0.05) is 25.3 Å². The van der Waals surface area contributed by atoms with Gasteiger partial charge in [-0.25, -0.2) is 12.8 Å². The molecule has 7 atom stereocenters. The second kappa shape index (κ2) is 12.7. The van der Waals surface area contributed by atoms with Gasteiger partial charge in [-0.3, -0.25) is 14.5 Å². The molecule has 0 spiro atoms. The number of amides is 2. The van der Waals surface area contributed by atoms with Crippen molar-refractivity contribution in [3.8, 4) is 0 Å². The molecule has 5 aliphatic rings. The zero-order chi connectivity index (χ0) is 30.3. The lowest BCUT2D eigenvalue weighted by atomic mass is 9.93. The number of morpholine rings is 1. The molecule has 1 saturated carbocycles. The van der Waals surface area contributed by atoms with Crippen LogP contribution >= 0.6 is 0 Å². The van der Waals surface area contributed by atoms with Crippen molar-refractivity contribution in [3.63, 3.8) is 0 Å². The fourth-order valence-electron chi connectivity index (χ4n) is 7.36. The zero-order valence-corrected chi connectivity index (χ0v) is 24.9. The quantitative estimate of drug-likeness (QED) is 0.417. The van der Waals surface area contributed by atoms with E-state index in [9.17, 15) is 32.6 Å². The van der Waals surface area contributed by atoms with Crippen LogP contribution in [0.15, 0.2) is 29.2 Å². The Balaban J connectivity index is 1.32. The number of likely N-dealkylation sites (tertiary alicyclic amines) is 1. The number of nitrogens with one attached hydrogen (secondary N) is 1. The second-order valence-corrected chi connectivity index (χ2v) is 14.4. The summed E-state index contributed by atoms with van der Waals surface area (Å²) in [7, 11) is -4.31. The van der Waals surface area contributed by atoms with E-state index in [4.69, 9.17) is 9.47 Å². The van der Waals surface area contributed by atoms with Crippen molar-refractivity contribution in [2.24, 2.45) is 0 Å². The molecule has 238 valence electrons. The van der Waals surface area contributed by atoms with E-state index < -0.39 is 52.4 Å². The third kappa shape index (κ3) is 6.46. The van der Waals surface area contributed by atoms with Crippen LogP contribution in [0.4, 0.5) is 4.39 Å². The summed E-state index contributed by atoms with van der Waals surface area (Å²) in [5, 5.41) is 24.6. The van der Waals surface area contributed by atoms with Crippen LogP contribution in [0.2, 0.25) is 0 Å². The Morgan fingerprint density at radius 3 is 2.51 bits per heavy atom. The highest BCUT2D eigenvalue weighted by molar-refractivity contribution is 7.89. The fourth-order valence-corrected chi connectivity index (χ4v) is 8.87. The first-order chi connectivity index (χ1) is 20.6. The number of hydrogen-bond acceptors (Lipinski definition) is 9. The first kappa shape index (κ1) is 30.8. The molecule has 6 bridgehead atoms. The maximum Gasteiger partial charge on any atom is 0.243 e. The maximum absolute atomic E-state index is 14.1. The lowest BCUT2D eigenvalue weighted by Crippen LogP contribution is -2.56. The number of fused-ring (bicyclic) bond motifs is 6. The standard InChI is InChI=1S/C29H41FN4O8S/c30-18-5-4-8-22(11-18)43(39,40)33-16-21-15-32(9-10-41-21)29(38)23-12-19(14-34(23)20-6-2-1-3-7-20)31-26(35)13-24-27(36)28(37)25(17-33)42-24/h4-5,8,11,19-21,23-25,27-28,36-37H,1-3,6-7,9-10,12-17H2,(H,31,35)/t19-,21-,23-,24-,25+,27-,28+/m0/s1. The molecule has 4 aliphatic heterocycles. The molecule has 6 rings (SSSR count). The fraction of sp³-hybridized carbons (Fsp3) is 0.724. The van der Waals surface area contributed by atoms with E-state index in [1.165, 1.54) is 18.6 Å². The van der Waals surface area contributed by atoms with Gasteiger partial charge in [0.05, 0.1) is 36.2 Å². The monoisotopic (exact) mass is 624 g/mol. The lowest BCUT2D eigenvalue weighted by molar-refractivity contribution is -0.145. The average molecular weight is 625 g/mol. The molecule has 5 fully saturated rings. The topological polar surface area (TPSA) is 149 Å². The van der Waals surface area contributed by atoms with Gasteiger partial charge in [0.25, 0.3) is 0 Å². The maximum atomic E-state index is 14.1. The number of sulfonamides is 1. The van der Waals surface area contributed by atoms with Crippen molar-refractivity contribution in [1.29, 1.82) is 0 Å². The Morgan fingerprint density at radius 1 is 0.977 bits per heavy atom. The minimum Gasteiger partial charge on any atom is -0.388 e. The molecule has 1 aliphatic carbocycles. The van der Waals surface area contributed by atoms with Crippen molar-refractivity contribution in [1.82, 2.24) is 19.4 Å². The van der Waals surface area contributed by atoms with Crippen molar-refractivity contribution >= 4 is 21.8 Å². The van der Waals surface area contributed by atoms with Crippen LogP contribution in [0.1, 0.15) is 44.9 Å². The van der Waals surface area contributed by atoms with Crippen molar-refractivity contribution < 1.29 is 42.1 Å². The number of benzene rings is 1. The molecule has 0 radical (unpaired) electrons. The highest BCUT2D eigenvalue weighted by Crippen LogP contribution is 2.32. The molecule has 0 unspecified atom stereocenters. The summed E-state index contributed by atoms with van der Waals surface area (Å²) in [6, 6.07) is 4.19. The molecule has 14 heteroatoms. The number of ether oxygens (including phenoxy) is 2. The van der Waals surface area contributed by atoms with E-state index in [2.05, 4.69) is 10.2 Å². The van der Waals surface area contributed by atoms with Crippen molar-refractivity contribution in [3.05, 3.63) is 30.1 Å². The average Bonchev–Trinajstić information content (AvgIpc) is 3.53. The molecule has 3 N–H and O–H groups in total. The third-order valence-electron chi connectivity index (χ3n) is 9.56. The normalized spacial score (nSPS) is 35.7. The number of aliphatic hydroxyl groups excluding tert-OH is 2. The first-order valence-electron chi connectivity index (χ1n) is 15.3. The van der Waals surface area contributed by atoms with Gasteiger partial charge in [0, 0.05) is 44.8 Å². The van der Waals surface area contributed by atoms with Crippen molar-refractivity contribution in [2.45, 2.75) is 98.5 Å². The first-order valence-corrected chi connectivity index (χ1v) is 16.8. The number of carbonyl (C=O) groups is 2. The second-order valence-electron chi connectivity index (χ2n) is 12.5. The van der Waals surface area contributed by atoms with Gasteiger partial charge in [-0.15, -0.1) is 0 Å². The van der Waals surface area contributed by atoms with Crippen LogP contribution in [0, 0.1) is 5.82 Å². The highest BCUT2D eigenvalue weighted by atomic mass is 32.2. The molecule has 1 aromatic carbocycles. The number of hydrogen-bond donors (Lipinski definition) is 3. The van der Waals surface area contributed by atoms with Gasteiger partial charge in [0.15, 0.2) is 0 Å². The molecule has 0 aromatic heterocycles. The number of nitrogens with zero attached hydrogens (tertiary/aromatic N) is 3. The molecule has 4 heterocycles.